The molecule has 0 bridgehead atoms. The van der Waals surface area contributed by atoms with Crippen LogP contribution in [0.3, 0.4) is 0 Å². The average Bonchev–Trinajstić information content (AvgIpc) is 2.21. The lowest BCUT2D eigenvalue weighted by atomic mass is 10.0. The number of rotatable bonds is 3. The first-order chi connectivity index (χ1) is 7.10. The van der Waals surface area contributed by atoms with Crippen molar-refractivity contribution in [3.63, 3.8) is 0 Å². The molecule has 1 aromatic carbocycles. The van der Waals surface area contributed by atoms with Crippen LogP contribution in [-0.4, -0.2) is 12.2 Å². The zero-order valence-electron chi connectivity index (χ0n) is 8.62. The normalized spacial score (nSPS) is 11.9. The maximum absolute atomic E-state index is 13.2. The van der Waals surface area contributed by atoms with Crippen LogP contribution in [0.5, 0.6) is 5.75 Å². The number of nitriles is 1. The van der Waals surface area contributed by atoms with Crippen LogP contribution in [0.2, 0.25) is 0 Å². The molecule has 0 heterocycles. The van der Waals surface area contributed by atoms with Crippen molar-refractivity contribution in [2.75, 3.05) is 7.11 Å². The average molecular weight is 209 g/mol. The first-order valence-corrected chi connectivity index (χ1v) is 4.49. The van der Waals surface area contributed by atoms with E-state index in [0.29, 0.717) is 16.9 Å². The number of ether oxygens (including phenoxy) is 1. The van der Waals surface area contributed by atoms with Crippen molar-refractivity contribution in [3.8, 4) is 11.8 Å². The van der Waals surface area contributed by atoms with Gasteiger partial charge in [-0.2, -0.15) is 5.26 Å². The van der Waals surface area contributed by atoms with E-state index in [-0.39, 0.29) is 6.42 Å². The number of aliphatic hydroxyl groups excluding tert-OH is 1. The first-order valence-electron chi connectivity index (χ1n) is 4.49. The van der Waals surface area contributed by atoms with Crippen molar-refractivity contribution < 1.29 is 14.2 Å². The number of aliphatic hydroxyl groups is 1. The summed E-state index contributed by atoms with van der Waals surface area (Å²) in [5, 5.41) is 18.0. The Morgan fingerprint density at radius 3 is 2.80 bits per heavy atom. The molecule has 0 spiro atoms. The molecule has 0 saturated heterocycles. The van der Waals surface area contributed by atoms with Gasteiger partial charge in [0, 0.05) is 5.56 Å². The Morgan fingerprint density at radius 2 is 2.27 bits per heavy atom. The van der Waals surface area contributed by atoms with Crippen molar-refractivity contribution in [2.24, 2.45) is 0 Å². The van der Waals surface area contributed by atoms with Crippen LogP contribution in [0.1, 0.15) is 23.7 Å². The molecule has 1 atom stereocenters. The standard InChI is InChI=1S/C11H12FNO2/c1-7-5-11(15-2)8(6-9(7)12)10(14)3-4-13/h5-6,10,14H,3H2,1-2H3. The zero-order valence-corrected chi connectivity index (χ0v) is 8.62. The molecule has 0 aliphatic rings. The maximum Gasteiger partial charge on any atom is 0.126 e. The van der Waals surface area contributed by atoms with Crippen molar-refractivity contribution in [1.29, 1.82) is 5.26 Å². The minimum atomic E-state index is -1.01. The number of methoxy groups -OCH3 is 1. The summed E-state index contributed by atoms with van der Waals surface area (Å²) in [6, 6.07) is 4.53. The number of halogens is 1. The molecule has 1 aromatic rings. The molecule has 4 heteroatoms. The predicted molar refractivity (Wildman–Crippen MR) is 52.9 cm³/mol. The number of hydrogen-bond acceptors (Lipinski definition) is 3. The van der Waals surface area contributed by atoms with Gasteiger partial charge in [-0.1, -0.05) is 0 Å². The summed E-state index contributed by atoms with van der Waals surface area (Å²) in [6.07, 6.45) is -1.10. The topological polar surface area (TPSA) is 53.2 Å². The lowest BCUT2D eigenvalue weighted by Crippen LogP contribution is -2.01. The van der Waals surface area contributed by atoms with E-state index >= 15 is 0 Å². The highest BCUT2D eigenvalue weighted by atomic mass is 19.1. The third-order valence-electron chi connectivity index (χ3n) is 2.15. The van der Waals surface area contributed by atoms with E-state index in [1.165, 1.54) is 19.2 Å². The number of hydrogen-bond donors (Lipinski definition) is 1. The third-order valence-corrected chi connectivity index (χ3v) is 2.15. The highest BCUT2D eigenvalue weighted by Gasteiger charge is 2.15. The summed E-state index contributed by atoms with van der Waals surface area (Å²) < 4.78 is 18.3. The largest absolute Gasteiger partial charge is 0.496 e. The van der Waals surface area contributed by atoms with Gasteiger partial charge in [0.05, 0.1) is 25.7 Å². The maximum atomic E-state index is 13.2. The van der Waals surface area contributed by atoms with Crippen LogP contribution in [0.25, 0.3) is 0 Å². The van der Waals surface area contributed by atoms with Gasteiger partial charge in [0.15, 0.2) is 0 Å². The van der Waals surface area contributed by atoms with Gasteiger partial charge in [0.1, 0.15) is 11.6 Å². The third kappa shape index (κ3) is 2.45. The van der Waals surface area contributed by atoms with Gasteiger partial charge in [-0.15, -0.1) is 0 Å². The summed E-state index contributed by atoms with van der Waals surface area (Å²) in [5.74, 6) is -0.0144. The van der Waals surface area contributed by atoms with Crippen molar-refractivity contribution in [2.45, 2.75) is 19.4 Å². The smallest absolute Gasteiger partial charge is 0.126 e. The van der Waals surface area contributed by atoms with Crippen LogP contribution < -0.4 is 4.74 Å². The van der Waals surface area contributed by atoms with E-state index in [1.54, 1.807) is 6.92 Å². The van der Waals surface area contributed by atoms with Gasteiger partial charge >= 0.3 is 0 Å². The van der Waals surface area contributed by atoms with E-state index in [1.807, 2.05) is 6.07 Å². The van der Waals surface area contributed by atoms with E-state index in [4.69, 9.17) is 10.00 Å². The number of nitrogens with zero attached hydrogens (tertiary/aromatic N) is 1. The quantitative estimate of drug-likeness (QED) is 0.829. The Kier molecular flexibility index (Phi) is 3.64. The highest BCUT2D eigenvalue weighted by molar-refractivity contribution is 5.39. The van der Waals surface area contributed by atoms with E-state index in [2.05, 4.69) is 0 Å². The van der Waals surface area contributed by atoms with Crippen LogP contribution in [0.15, 0.2) is 12.1 Å². The van der Waals surface area contributed by atoms with Gasteiger partial charge in [-0.25, -0.2) is 4.39 Å². The summed E-state index contributed by atoms with van der Waals surface area (Å²) in [6.45, 7) is 1.61. The monoisotopic (exact) mass is 209 g/mol. The van der Waals surface area contributed by atoms with Crippen LogP contribution in [0.4, 0.5) is 4.39 Å². The van der Waals surface area contributed by atoms with Gasteiger partial charge in [0.2, 0.25) is 0 Å². The molecule has 1 unspecified atom stereocenters. The summed E-state index contributed by atoms with van der Waals surface area (Å²) in [4.78, 5) is 0. The molecule has 15 heavy (non-hydrogen) atoms. The molecule has 0 fully saturated rings. The predicted octanol–water partition coefficient (Wildman–Crippen LogP) is 2.09. The Morgan fingerprint density at radius 1 is 1.60 bits per heavy atom. The molecule has 0 aliphatic heterocycles. The second-order valence-electron chi connectivity index (χ2n) is 3.22. The van der Waals surface area contributed by atoms with Gasteiger partial charge in [0.25, 0.3) is 0 Å². The fourth-order valence-electron chi connectivity index (χ4n) is 1.30. The zero-order chi connectivity index (χ0) is 11.4. The molecule has 0 aromatic heterocycles. The molecule has 1 N–H and O–H groups in total. The van der Waals surface area contributed by atoms with Crippen LogP contribution in [0, 0.1) is 24.1 Å². The SMILES string of the molecule is COc1cc(C)c(F)cc1C(O)CC#N. The molecular formula is C11H12FNO2. The van der Waals surface area contributed by atoms with Crippen molar-refractivity contribution in [1.82, 2.24) is 0 Å². The number of aryl methyl sites for hydroxylation is 1. The Hall–Kier alpha value is -1.60. The second-order valence-corrected chi connectivity index (χ2v) is 3.22. The molecule has 1 rings (SSSR count). The van der Waals surface area contributed by atoms with Gasteiger partial charge < -0.3 is 9.84 Å². The summed E-state index contributed by atoms with van der Waals surface area (Å²) in [5.41, 5.74) is 0.752. The molecule has 0 radical (unpaired) electrons. The van der Waals surface area contributed by atoms with Crippen molar-refractivity contribution in [3.05, 3.63) is 29.1 Å². The Bertz CT molecular complexity index is 398. The van der Waals surface area contributed by atoms with Crippen molar-refractivity contribution >= 4 is 0 Å². The van der Waals surface area contributed by atoms with Crippen LogP contribution >= 0.6 is 0 Å². The van der Waals surface area contributed by atoms with Gasteiger partial charge in [-0.3, -0.25) is 0 Å². The Balaban J connectivity index is 3.16. The second kappa shape index (κ2) is 4.76. The van der Waals surface area contributed by atoms with E-state index < -0.39 is 11.9 Å². The lowest BCUT2D eigenvalue weighted by molar-refractivity contribution is 0.178. The Labute approximate surface area is 87.7 Å². The molecular weight excluding hydrogens is 197 g/mol. The molecule has 0 aliphatic carbocycles. The summed E-state index contributed by atoms with van der Waals surface area (Å²) >= 11 is 0. The lowest BCUT2D eigenvalue weighted by Gasteiger charge is -2.13. The first kappa shape index (κ1) is 11.5. The molecule has 0 saturated carbocycles. The van der Waals surface area contributed by atoms with Crippen LogP contribution in [-0.2, 0) is 0 Å². The molecule has 0 amide bonds. The highest BCUT2D eigenvalue weighted by Crippen LogP contribution is 2.29. The van der Waals surface area contributed by atoms with E-state index in [9.17, 15) is 9.50 Å². The minimum Gasteiger partial charge on any atom is -0.496 e. The summed E-state index contributed by atoms with van der Waals surface area (Å²) in [7, 11) is 1.44. The molecule has 3 nitrogen and oxygen atoms in total. The minimum absolute atomic E-state index is 0.0845. The fraction of sp³-hybridized carbons (Fsp3) is 0.364. The van der Waals surface area contributed by atoms with Gasteiger partial charge in [-0.05, 0) is 24.6 Å². The number of benzene rings is 1. The van der Waals surface area contributed by atoms with E-state index in [0.717, 1.165) is 0 Å². The fourth-order valence-corrected chi connectivity index (χ4v) is 1.30. The molecule has 80 valence electrons.